The van der Waals surface area contributed by atoms with Crippen LogP contribution in [0.1, 0.15) is 12.2 Å². The van der Waals surface area contributed by atoms with Crippen LogP contribution < -0.4 is 5.32 Å². The molecule has 80 valence electrons. The maximum absolute atomic E-state index is 4.29. The van der Waals surface area contributed by atoms with Crippen molar-refractivity contribution in [2.24, 2.45) is 7.05 Å². The zero-order valence-electron chi connectivity index (χ0n) is 9.32. The molecular weight excluding hydrogens is 176 g/mol. The van der Waals surface area contributed by atoms with Gasteiger partial charge in [-0.25, -0.2) is 4.98 Å². The summed E-state index contributed by atoms with van der Waals surface area (Å²) < 4.78 is 2.06. The third-order valence-electron chi connectivity index (χ3n) is 2.30. The molecule has 0 bridgehead atoms. The number of aromatic nitrogens is 2. The Kier molecular flexibility index (Phi) is 4.62. The molecule has 0 aliphatic heterocycles. The van der Waals surface area contributed by atoms with Crippen LogP contribution in [0.25, 0.3) is 0 Å². The predicted molar refractivity (Wildman–Crippen MR) is 58.1 cm³/mol. The molecule has 4 heteroatoms. The Bertz CT molecular complexity index is 256. The van der Waals surface area contributed by atoms with Gasteiger partial charge in [-0.1, -0.05) is 0 Å². The van der Waals surface area contributed by atoms with Gasteiger partial charge in [-0.2, -0.15) is 0 Å². The molecule has 0 spiro atoms. The van der Waals surface area contributed by atoms with E-state index in [0.717, 1.165) is 25.5 Å². The number of rotatable bonds is 6. The van der Waals surface area contributed by atoms with Crippen molar-refractivity contribution < 1.29 is 0 Å². The number of aryl methyl sites for hydroxylation is 1. The molecule has 4 nitrogen and oxygen atoms in total. The molecule has 0 amide bonds. The van der Waals surface area contributed by atoms with Crippen molar-refractivity contribution in [3.05, 3.63) is 18.2 Å². The summed E-state index contributed by atoms with van der Waals surface area (Å²) in [5.41, 5.74) is 0. The highest BCUT2D eigenvalue weighted by Gasteiger charge is 2.03. The summed E-state index contributed by atoms with van der Waals surface area (Å²) in [6.45, 7) is 3.10. The van der Waals surface area contributed by atoms with E-state index >= 15 is 0 Å². The summed E-state index contributed by atoms with van der Waals surface area (Å²) >= 11 is 0. The molecule has 1 heterocycles. The van der Waals surface area contributed by atoms with Gasteiger partial charge in [-0.15, -0.1) is 0 Å². The molecule has 0 radical (unpaired) electrons. The zero-order valence-corrected chi connectivity index (χ0v) is 9.32. The molecule has 0 aliphatic carbocycles. The number of imidazole rings is 1. The van der Waals surface area contributed by atoms with Crippen molar-refractivity contribution in [2.45, 2.75) is 13.0 Å². The third kappa shape index (κ3) is 3.47. The fraction of sp³-hybridized carbons (Fsp3) is 0.700. The van der Waals surface area contributed by atoms with Crippen molar-refractivity contribution in [3.8, 4) is 0 Å². The SMILES string of the molecule is CNCCCN(C)Cc1nccn1C. The standard InChI is InChI=1S/C10H20N4/c1-11-5-4-7-13(2)9-10-12-6-8-14(10)3/h6,8,11H,4-5,7,9H2,1-3H3. The lowest BCUT2D eigenvalue weighted by Gasteiger charge is -2.15. The van der Waals surface area contributed by atoms with Gasteiger partial charge in [0, 0.05) is 19.4 Å². The Morgan fingerprint density at radius 2 is 2.36 bits per heavy atom. The fourth-order valence-electron chi connectivity index (χ4n) is 1.40. The van der Waals surface area contributed by atoms with E-state index in [1.165, 1.54) is 6.42 Å². The Morgan fingerprint density at radius 1 is 1.57 bits per heavy atom. The largest absolute Gasteiger partial charge is 0.337 e. The minimum Gasteiger partial charge on any atom is -0.337 e. The maximum Gasteiger partial charge on any atom is 0.122 e. The van der Waals surface area contributed by atoms with E-state index in [9.17, 15) is 0 Å². The van der Waals surface area contributed by atoms with Gasteiger partial charge in [-0.05, 0) is 33.6 Å². The fourth-order valence-corrected chi connectivity index (χ4v) is 1.40. The van der Waals surface area contributed by atoms with E-state index in [1.807, 2.05) is 26.5 Å². The lowest BCUT2D eigenvalue weighted by Crippen LogP contribution is -2.23. The quantitative estimate of drug-likeness (QED) is 0.671. The Hall–Kier alpha value is -0.870. The molecule has 1 rings (SSSR count). The molecule has 0 aliphatic rings. The molecular formula is C10H20N4. The highest BCUT2D eigenvalue weighted by molar-refractivity contribution is 4.90. The van der Waals surface area contributed by atoms with Crippen LogP contribution >= 0.6 is 0 Å². The van der Waals surface area contributed by atoms with Gasteiger partial charge in [0.2, 0.25) is 0 Å². The summed E-state index contributed by atoms with van der Waals surface area (Å²) in [6, 6.07) is 0. The number of nitrogens with one attached hydrogen (secondary N) is 1. The van der Waals surface area contributed by atoms with E-state index in [-0.39, 0.29) is 0 Å². The number of nitrogens with zero attached hydrogens (tertiary/aromatic N) is 3. The van der Waals surface area contributed by atoms with Crippen LogP contribution in [0, 0.1) is 0 Å². The summed E-state index contributed by atoms with van der Waals surface area (Å²) in [5.74, 6) is 1.12. The van der Waals surface area contributed by atoms with E-state index in [2.05, 4.69) is 26.8 Å². The average molecular weight is 196 g/mol. The molecule has 1 aromatic rings. The van der Waals surface area contributed by atoms with E-state index in [1.54, 1.807) is 0 Å². The van der Waals surface area contributed by atoms with E-state index in [4.69, 9.17) is 0 Å². The van der Waals surface area contributed by atoms with Crippen LogP contribution in [0.3, 0.4) is 0 Å². The second kappa shape index (κ2) is 5.78. The molecule has 0 saturated carbocycles. The molecule has 1 aromatic heterocycles. The normalized spacial score (nSPS) is 11.1. The first-order valence-electron chi connectivity index (χ1n) is 5.03. The van der Waals surface area contributed by atoms with Crippen molar-refractivity contribution in [3.63, 3.8) is 0 Å². The Balaban J connectivity index is 2.27. The molecule has 0 atom stereocenters. The zero-order chi connectivity index (χ0) is 10.4. The smallest absolute Gasteiger partial charge is 0.122 e. The highest BCUT2D eigenvalue weighted by Crippen LogP contribution is 1.99. The van der Waals surface area contributed by atoms with Gasteiger partial charge < -0.3 is 9.88 Å². The van der Waals surface area contributed by atoms with E-state index < -0.39 is 0 Å². The highest BCUT2D eigenvalue weighted by atomic mass is 15.1. The van der Waals surface area contributed by atoms with Gasteiger partial charge >= 0.3 is 0 Å². The maximum atomic E-state index is 4.29. The van der Waals surface area contributed by atoms with Crippen molar-refractivity contribution in [1.82, 2.24) is 19.8 Å². The van der Waals surface area contributed by atoms with Gasteiger partial charge in [0.05, 0.1) is 6.54 Å². The second-order valence-electron chi connectivity index (χ2n) is 3.65. The van der Waals surface area contributed by atoms with Crippen molar-refractivity contribution in [2.75, 3.05) is 27.2 Å². The van der Waals surface area contributed by atoms with Gasteiger partial charge in [0.15, 0.2) is 0 Å². The second-order valence-corrected chi connectivity index (χ2v) is 3.65. The van der Waals surface area contributed by atoms with Crippen LogP contribution in [-0.4, -0.2) is 41.6 Å². The summed E-state index contributed by atoms with van der Waals surface area (Å²) in [6.07, 6.45) is 5.00. The Labute approximate surface area is 85.9 Å². The summed E-state index contributed by atoms with van der Waals surface area (Å²) in [4.78, 5) is 6.58. The first-order valence-corrected chi connectivity index (χ1v) is 5.03. The Morgan fingerprint density at radius 3 is 2.93 bits per heavy atom. The van der Waals surface area contributed by atoms with Crippen LogP contribution in [0.15, 0.2) is 12.4 Å². The first-order chi connectivity index (χ1) is 6.74. The molecule has 0 fully saturated rings. The van der Waals surface area contributed by atoms with Crippen molar-refractivity contribution in [1.29, 1.82) is 0 Å². The minimum absolute atomic E-state index is 0.924. The third-order valence-corrected chi connectivity index (χ3v) is 2.30. The van der Waals surface area contributed by atoms with Gasteiger partial charge in [0.25, 0.3) is 0 Å². The molecule has 0 aromatic carbocycles. The molecule has 0 saturated heterocycles. The van der Waals surface area contributed by atoms with Gasteiger partial charge in [0.1, 0.15) is 5.82 Å². The number of hydrogen-bond donors (Lipinski definition) is 1. The minimum atomic E-state index is 0.924. The first kappa shape index (κ1) is 11.2. The predicted octanol–water partition coefficient (Wildman–Crippen LogP) is 0.461. The lowest BCUT2D eigenvalue weighted by molar-refractivity contribution is 0.310. The van der Waals surface area contributed by atoms with Crippen LogP contribution in [0.2, 0.25) is 0 Å². The van der Waals surface area contributed by atoms with Crippen LogP contribution in [0.5, 0.6) is 0 Å². The summed E-state index contributed by atoms with van der Waals surface area (Å²) in [5, 5.41) is 3.15. The van der Waals surface area contributed by atoms with Gasteiger partial charge in [-0.3, -0.25) is 4.90 Å². The molecule has 0 unspecified atom stereocenters. The van der Waals surface area contributed by atoms with Crippen LogP contribution in [0.4, 0.5) is 0 Å². The number of hydrogen-bond acceptors (Lipinski definition) is 3. The monoisotopic (exact) mass is 196 g/mol. The topological polar surface area (TPSA) is 33.1 Å². The van der Waals surface area contributed by atoms with Crippen LogP contribution in [-0.2, 0) is 13.6 Å². The molecule has 14 heavy (non-hydrogen) atoms. The lowest BCUT2D eigenvalue weighted by atomic mass is 10.4. The average Bonchev–Trinajstić information content (AvgIpc) is 2.52. The van der Waals surface area contributed by atoms with E-state index in [0.29, 0.717) is 0 Å². The molecule has 1 N–H and O–H groups in total. The summed E-state index contributed by atoms with van der Waals surface area (Å²) in [7, 11) is 6.15. The van der Waals surface area contributed by atoms with Crippen molar-refractivity contribution >= 4 is 0 Å².